The van der Waals surface area contributed by atoms with Crippen LogP contribution >= 0.6 is 23.4 Å². The molecule has 1 fully saturated rings. The molecule has 5 nitrogen and oxygen atoms in total. The van der Waals surface area contributed by atoms with Crippen molar-refractivity contribution in [2.24, 2.45) is 0 Å². The van der Waals surface area contributed by atoms with Gasteiger partial charge in [-0.25, -0.2) is 13.2 Å². The number of halogens is 1. The van der Waals surface area contributed by atoms with Crippen molar-refractivity contribution in [3.05, 3.63) is 58.6 Å². The number of carboxylic acid groups (broad SMARTS) is 1. The summed E-state index contributed by atoms with van der Waals surface area (Å²) in [4.78, 5) is 12.0. The van der Waals surface area contributed by atoms with Gasteiger partial charge in [0.2, 0.25) is 10.0 Å². The van der Waals surface area contributed by atoms with Gasteiger partial charge >= 0.3 is 5.97 Å². The Morgan fingerprint density at radius 2 is 1.85 bits per heavy atom. The van der Waals surface area contributed by atoms with Gasteiger partial charge < -0.3 is 5.11 Å². The summed E-state index contributed by atoms with van der Waals surface area (Å²) in [5.74, 6) is -0.605. The first-order chi connectivity index (χ1) is 12.9. The fourth-order valence-electron chi connectivity index (χ4n) is 2.99. The standard InChI is InChI=1S/C19H20ClNO4S2/c20-16-6-4-5-14(11-16)13-26-17-8-7-15(19(22)23)12-18(17)27(24,25)21-9-2-1-3-10-21/h4-8,11-12H,1-3,9-10,13H2,(H,22,23). The third-order valence-corrected chi connectivity index (χ3v) is 7.85. The highest BCUT2D eigenvalue weighted by Crippen LogP contribution is 2.33. The Labute approximate surface area is 168 Å². The Kier molecular flexibility index (Phi) is 6.47. The van der Waals surface area contributed by atoms with Gasteiger partial charge in [0.15, 0.2) is 0 Å². The molecule has 144 valence electrons. The monoisotopic (exact) mass is 425 g/mol. The van der Waals surface area contributed by atoms with E-state index >= 15 is 0 Å². The lowest BCUT2D eigenvalue weighted by atomic mass is 10.2. The van der Waals surface area contributed by atoms with Gasteiger partial charge in [-0.15, -0.1) is 11.8 Å². The molecule has 1 heterocycles. The molecule has 1 N–H and O–H groups in total. The molecule has 0 radical (unpaired) electrons. The second-order valence-electron chi connectivity index (χ2n) is 6.35. The lowest BCUT2D eigenvalue weighted by Gasteiger charge is -2.27. The third-order valence-electron chi connectivity index (χ3n) is 4.41. The number of rotatable bonds is 6. The zero-order chi connectivity index (χ0) is 19.4. The van der Waals surface area contributed by atoms with Crippen LogP contribution in [0.1, 0.15) is 35.2 Å². The Hall–Kier alpha value is -1.54. The van der Waals surface area contributed by atoms with Gasteiger partial charge in [0.25, 0.3) is 0 Å². The topological polar surface area (TPSA) is 74.7 Å². The van der Waals surface area contributed by atoms with Crippen LogP contribution in [0.25, 0.3) is 0 Å². The molecule has 0 amide bonds. The molecule has 0 aliphatic carbocycles. The second-order valence-corrected chi connectivity index (χ2v) is 9.71. The summed E-state index contributed by atoms with van der Waals surface area (Å²) in [5.41, 5.74) is 0.939. The molecule has 8 heteroatoms. The molecule has 0 bridgehead atoms. The fourth-order valence-corrected chi connectivity index (χ4v) is 6.18. The Bertz CT molecular complexity index is 940. The highest BCUT2D eigenvalue weighted by Gasteiger charge is 2.29. The van der Waals surface area contributed by atoms with Crippen LogP contribution in [-0.4, -0.2) is 36.9 Å². The Balaban J connectivity index is 1.94. The van der Waals surface area contributed by atoms with Gasteiger partial charge in [0.05, 0.1) is 10.5 Å². The van der Waals surface area contributed by atoms with E-state index in [1.165, 1.54) is 28.2 Å². The maximum atomic E-state index is 13.1. The summed E-state index contributed by atoms with van der Waals surface area (Å²) >= 11 is 7.37. The molecule has 2 aromatic rings. The van der Waals surface area contributed by atoms with E-state index in [2.05, 4.69) is 0 Å². The minimum absolute atomic E-state index is 0.0299. The van der Waals surface area contributed by atoms with Crippen LogP contribution in [0.2, 0.25) is 5.02 Å². The van der Waals surface area contributed by atoms with E-state index in [0.717, 1.165) is 24.8 Å². The van der Waals surface area contributed by atoms with E-state index in [4.69, 9.17) is 11.6 Å². The lowest BCUT2D eigenvalue weighted by molar-refractivity contribution is 0.0696. The molecule has 2 aromatic carbocycles. The van der Waals surface area contributed by atoms with E-state index in [1.54, 1.807) is 12.1 Å². The predicted molar refractivity (Wildman–Crippen MR) is 107 cm³/mol. The zero-order valence-corrected chi connectivity index (χ0v) is 17.0. The van der Waals surface area contributed by atoms with Crippen LogP contribution in [-0.2, 0) is 15.8 Å². The molecule has 1 aliphatic heterocycles. The molecule has 0 atom stereocenters. The van der Waals surface area contributed by atoms with Gasteiger partial charge in [-0.2, -0.15) is 4.31 Å². The van der Waals surface area contributed by atoms with Crippen molar-refractivity contribution in [3.63, 3.8) is 0 Å². The number of hydrogen-bond donors (Lipinski definition) is 1. The lowest BCUT2D eigenvalue weighted by Crippen LogP contribution is -2.36. The SMILES string of the molecule is O=C(O)c1ccc(SCc2cccc(Cl)c2)c(S(=O)(=O)N2CCCCC2)c1. The first-order valence-electron chi connectivity index (χ1n) is 8.62. The molecular formula is C19H20ClNO4S2. The summed E-state index contributed by atoms with van der Waals surface area (Å²) in [6.07, 6.45) is 2.66. The van der Waals surface area contributed by atoms with E-state index < -0.39 is 16.0 Å². The average molecular weight is 426 g/mol. The average Bonchev–Trinajstić information content (AvgIpc) is 2.67. The molecule has 1 aliphatic rings. The molecule has 0 saturated carbocycles. The Morgan fingerprint density at radius 1 is 1.11 bits per heavy atom. The number of aromatic carboxylic acids is 1. The highest BCUT2D eigenvalue weighted by atomic mass is 35.5. The largest absolute Gasteiger partial charge is 0.478 e. The summed E-state index contributed by atoms with van der Waals surface area (Å²) in [6.45, 7) is 0.941. The van der Waals surface area contributed by atoms with Gasteiger partial charge in [-0.05, 0) is 48.7 Å². The summed E-state index contributed by atoms with van der Waals surface area (Å²) in [5, 5.41) is 9.91. The smallest absolute Gasteiger partial charge is 0.335 e. The molecule has 27 heavy (non-hydrogen) atoms. The number of carboxylic acids is 1. The summed E-state index contributed by atoms with van der Waals surface area (Å²) in [6, 6.07) is 11.7. The summed E-state index contributed by atoms with van der Waals surface area (Å²) < 4.78 is 27.8. The highest BCUT2D eigenvalue weighted by molar-refractivity contribution is 7.99. The normalized spacial score (nSPS) is 15.6. The minimum atomic E-state index is -3.74. The van der Waals surface area contributed by atoms with Crippen molar-refractivity contribution in [1.29, 1.82) is 0 Å². The van der Waals surface area contributed by atoms with Crippen molar-refractivity contribution in [3.8, 4) is 0 Å². The minimum Gasteiger partial charge on any atom is -0.478 e. The van der Waals surface area contributed by atoms with Crippen molar-refractivity contribution in [1.82, 2.24) is 4.31 Å². The van der Waals surface area contributed by atoms with Gasteiger partial charge in [-0.1, -0.05) is 30.2 Å². The molecular weight excluding hydrogens is 406 g/mol. The number of carbonyl (C=O) groups is 1. The van der Waals surface area contributed by atoms with Crippen LogP contribution in [0, 0.1) is 0 Å². The van der Waals surface area contributed by atoms with Crippen LogP contribution in [0.15, 0.2) is 52.3 Å². The van der Waals surface area contributed by atoms with Crippen molar-refractivity contribution in [2.75, 3.05) is 13.1 Å². The van der Waals surface area contributed by atoms with Crippen molar-refractivity contribution >= 4 is 39.4 Å². The number of hydrogen-bond acceptors (Lipinski definition) is 4. The Morgan fingerprint density at radius 3 is 2.52 bits per heavy atom. The first-order valence-corrected chi connectivity index (χ1v) is 11.4. The van der Waals surface area contributed by atoms with E-state index in [0.29, 0.717) is 28.8 Å². The van der Waals surface area contributed by atoms with Crippen LogP contribution < -0.4 is 0 Å². The summed E-state index contributed by atoms with van der Waals surface area (Å²) in [7, 11) is -3.74. The van der Waals surface area contributed by atoms with Crippen molar-refractivity contribution < 1.29 is 18.3 Å². The van der Waals surface area contributed by atoms with Gasteiger partial charge in [0.1, 0.15) is 0 Å². The second kappa shape index (κ2) is 8.65. The van der Waals surface area contributed by atoms with Gasteiger partial charge in [-0.3, -0.25) is 0 Å². The molecule has 0 unspecified atom stereocenters. The fraction of sp³-hybridized carbons (Fsp3) is 0.316. The number of benzene rings is 2. The van der Waals surface area contributed by atoms with E-state index in [9.17, 15) is 18.3 Å². The molecule has 0 aromatic heterocycles. The zero-order valence-electron chi connectivity index (χ0n) is 14.6. The maximum absolute atomic E-state index is 13.1. The molecule has 3 rings (SSSR count). The van der Waals surface area contributed by atoms with E-state index in [-0.39, 0.29) is 10.5 Å². The predicted octanol–water partition coefficient (Wildman–Crippen LogP) is 4.51. The molecule has 0 spiro atoms. The van der Waals surface area contributed by atoms with E-state index in [1.807, 2.05) is 18.2 Å². The number of thioether (sulfide) groups is 1. The van der Waals surface area contributed by atoms with Crippen LogP contribution in [0.3, 0.4) is 0 Å². The number of sulfonamides is 1. The van der Waals surface area contributed by atoms with Crippen molar-refractivity contribution in [2.45, 2.75) is 34.8 Å². The molecule has 1 saturated heterocycles. The van der Waals surface area contributed by atoms with Gasteiger partial charge in [0, 0.05) is 28.8 Å². The quantitative estimate of drug-likeness (QED) is 0.689. The van der Waals surface area contributed by atoms with Crippen LogP contribution in [0.5, 0.6) is 0 Å². The maximum Gasteiger partial charge on any atom is 0.335 e. The first kappa shape index (κ1) is 20.2. The van der Waals surface area contributed by atoms with Crippen LogP contribution in [0.4, 0.5) is 0 Å². The number of piperidine rings is 1. The third kappa shape index (κ3) is 4.85. The number of nitrogens with zero attached hydrogens (tertiary/aromatic N) is 1.